The third-order valence-electron chi connectivity index (χ3n) is 4.29. The molecule has 3 rings (SSSR count). The summed E-state index contributed by atoms with van der Waals surface area (Å²) in [4.78, 5) is 0.520. The maximum absolute atomic E-state index is 11.4. The van der Waals surface area contributed by atoms with Gasteiger partial charge >= 0.3 is 0 Å². The third kappa shape index (κ3) is 7.08. The van der Waals surface area contributed by atoms with Crippen LogP contribution < -0.4 is 10.1 Å². The predicted octanol–water partition coefficient (Wildman–Crippen LogP) is 3.66. The highest BCUT2D eigenvalue weighted by molar-refractivity contribution is 7.82. The molecule has 1 fully saturated rings. The lowest BCUT2D eigenvalue weighted by Gasteiger charge is -2.20. The van der Waals surface area contributed by atoms with Crippen molar-refractivity contribution in [2.24, 2.45) is 10.2 Å². The number of hydrogen-bond donors (Lipinski definition) is 2. The molecule has 0 heterocycles. The Morgan fingerprint density at radius 1 is 1.14 bits per heavy atom. The molecule has 1 atom stereocenters. The average Bonchev–Trinajstić information content (AvgIpc) is 3.26. The monoisotopic (exact) mass is 416 g/mol. The van der Waals surface area contributed by atoms with Crippen LogP contribution in [0.1, 0.15) is 31.2 Å². The standard InChI is InChI=1S/C19H22N4O2S.C2H6O/c20-19(15-6-2-1-3-7-15)23(22-14-25-17-8-4-5-9-17)16-10-12-18(13-11-16)26(21)24;1-3-2/h1-3,6-7,10-14,17,20H,4-5,8-9,21H2;1-2H3/b20-19?,22-14+;. The summed E-state index contributed by atoms with van der Waals surface area (Å²) in [6.07, 6.45) is 6.06. The van der Waals surface area contributed by atoms with Crippen molar-refractivity contribution in [1.82, 2.24) is 0 Å². The van der Waals surface area contributed by atoms with Crippen LogP contribution in [-0.4, -0.2) is 36.8 Å². The fourth-order valence-corrected chi connectivity index (χ4v) is 3.28. The number of hydrogen-bond acceptors (Lipinski definition) is 5. The van der Waals surface area contributed by atoms with E-state index in [1.54, 1.807) is 38.5 Å². The van der Waals surface area contributed by atoms with E-state index in [0.29, 0.717) is 10.6 Å². The van der Waals surface area contributed by atoms with Crippen molar-refractivity contribution in [2.75, 3.05) is 19.2 Å². The lowest BCUT2D eigenvalue weighted by molar-refractivity contribution is 0.207. The molecule has 8 heteroatoms. The number of nitrogens with one attached hydrogen (secondary N) is 1. The molecule has 0 radical (unpaired) electrons. The Hall–Kier alpha value is -2.55. The molecular formula is C21H28N4O3S. The molecule has 2 aromatic rings. The van der Waals surface area contributed by atoms with Gasteiger partial charge in [-0.05, 0) is 49.9 Å². The van der Waals surface area contributed by atoms with Crippen LogP contribution in [0.25, 0.3) is 0 Å². The van der Waals surface area contributed by atoms with Gasteiger partial charge in [0.1, 0.15) is 11.0 Å². The number of amidine groups is 1. The van der Waals surface area contributed by atoms with Gasteiger partial charge in [-0.15, -0.1) is 5.10 Å². The van der Waals surface area contributed by atoms with E-state index in [0.717, 1.165) is 18.4 Å². The molecule has 156 valence electrons. The molecule has 0 bridgehead atoms. The highest BCUT2D eigenvalue weighted by atomic mass is 32.2. The van der Waals surface area contributed by atoms with Crippen molar-refractivity contribution in [1.29, 1.82) is 5.41 Å². The van der Waals surface area contributed by atoms with Gasteiger partial charge in [-0.3, -0.25) is 5.41 Å². The highest BCUT2D eigenvalue weighted by Gasteiger charge is 2.16. The second-order valence-corrected chi connectivity index (χ2v) is 7.56. The minimum Gasteiger partial charge on any atom is -0.479 e. The first-order valence-electron chi connectivity index (χ1n) is 9.35. The minimum absolute atomic E-state index is 0.202. The normalized spacial score (nSPS) is 14.9. The maximum atomic E-state index is 11.4. The van der Waals surface area contributed by atoms with E-state index in [2.05, 4.69) is 9.84 Å². The number of ether oxygens (including phenoxy) is 2. The Balaban J connectivity index is 0.000000941. The molecule has 29 heavy (non-hydrogen) atoms. The quantitative estimate of drug-likeness (QED) is 0.426. The SMILES string of the molecule is COC.N=C(c1ccccc1)N(/N=C/OC1CCCC1)c1ccc(S(N)=O)cc1. The molecule has 0 amide bonds. The number of hydrazone groups is 1. The average molecular weight is 417 g/mol. The summed E-state index contributed by atoms with van der Waals surface area (Å²) in [5, 5.41) is 19.8. The van der Waals surface area contributed by atoms with Crippen molar-refractivity contribution in [2.45, 2.75) is 36.7 Å². The van der Waals surface area contributed by atoms with Gasteiger partial charge in [0.25, 0.3) is 0 Å². The van der Waals surface area contributed by atoms with Crippen molar-refractivity contribution >= 4 is 28.9 Å². The zero-order valence-electron chi connectivity index (χ0n) is 16.8. The fraction of sp³-hybridized carbons (Fsp3) is 0.333. The number of anilines is 1. The summed E-state index contributed by atoms with van der Waals surface area (Å²) in [5.41, 5.74) is 1.40. The van der Waals surface area contributed by atoms with Crippen molar-refractivity contribution in [3.63, 3.8) is 0 Å². The molecule has 0 aliphatic heterocycles. The van der Waals surface area contributed by atoms with Gasteiger partial charge in [-0.2, -0.15) is 0 Å². The summed E-state index contributed by atoms with van der Waals surface area (Å²) in [5.74, 6) is 0.221. The second-order valence-electron chi connectivity index (χ2n) is 6.49. The van der Waals surface area contributed by atoms with E-state index in [1.807, 2.05) is 30.3 Å². The lowest BCUT2D eigenvalue weighted by atomic mass is 10.2. The van der Waals surface area contributed by atoms with E-state index in [4.69, 9.17) is 15.3 Å². The van der Waals surface area contributed by atoms with Gasteiger partial charge in [0, 0.05) is 19.8 Å². The predicted molar refractivity (Wildman–Crippen MR) is 118 cm³/mol. The first-order chi connectivity index (χ1) is 14.1. The van der Waals surface area contributed by atoms with Crippen LogP contribution in [0.3, 0.4) is 0 Å². The molecule has 1 aliphatic rings. The van der Waals surface area contributed by atoms with Crippen molar-refractivity contribution < 1.29 is 13.7 Å². The molecule has 3 N–H and O–H groups in total. The van der Waals surface area contributed by atoms with Gasteiger partial charge in [-0.25, -0.2) is 14.4 Å². The number of nitrogens with zero attached hydrogens (tertiary/aromatic N) is 2. The maximum Gasteiger partial charge on any atom is 0.193 e. The summed E-state index contributed by atoms with van der Waals surface area (Å²) >= 11 is 0. The van der Waals surface area contributed by atoms with Crippen molar-refractivity contribution in [3.8, 4) is 0 Å². The Kier molecular flexibility index (Phi) is 9.49. The van der Waals surface area contributed by atoms with Crippen LogP contribution in [0, 0.1) is 5.41 Å². The van der Waals surface area contributed by atoms with Crippen LogP contribution in [0.5, 0.6) is 0 Å². The molecular weight excluding hydrogens is 388 g/mol. The second kappa shape index (κ2) is 12.1. The molecule has 0 spiro atoms. The zero-order chi connectivity index (χ0) is 21.1. The smallest absolute Gasteiger partial charge is 0.193 e. The molecule has 2 aromatic carbocycles. The van der Waals surface area contributed by atoms with Gasteiger partial charge < -0.3 is 9.47 Å². The van der Waals surface area contributed by atoms with Crippen LogP contribution in [-0.2, 0) is 20.5 Å². The van der Waals surface area contributed by atoms with Gasteiger partial charge in [0.15, 0.2) is 12.2 Å². The molecule has 7 nitrogen and oxygen atoms in total. The zero-order valence-corrected chi connectivity index (χ0v) is 17.6. The number of nitrogens with two attached hydrogens (primary N) is 1. The van der Waals surface area contributed by atoms with Crippen LogP contribution in [0.4, 0.5) is 5.69 Å². The van der Waals surface area contributed by atoms with Gasteiger partial charge in [0.2, 0.25) is 0 Å². The first kappa shape index (κ1) is 22.7. The lowest BCUT2D eigenvalue weighted by Crippen LogP contribution is -2.26. The minimum atomic E-state index is -1.54. The summed E-state index contributed by atoms with van der Waals surface area (Å²) in [6.45, 7) is 0. The fourth-order valence-electron chi connectivity index (χ4n) is 2.88. The Morgan fingerprint density at radius 3 is 2.28 bits per heavy atom. The Labute approximate surface area is 174 Å². The topological polar surface area (TPSA) is 101 Å². The highest BCUT2D eigenvalue weighted by Crippen LogP contribution is 2.22. The van der Waals surface area contributed by atoms with Gasteiger partial charge in [-0.1, -0.05) is 30.3 Å². The molecule has 1 saturated carbocycles. The van der Waals surface area contributed by atoms with Crippen LogP contribution in [0.15, 0.2) is 64.6 Å². The van der Waals surface area contributed by atoms with E-state index in [-0.39, 0.29) is 11.9 Å². The summed E-state index contributed by atoms with van der Waals surface area (Å²) < 4.78 is 21.3. The Bertz CT molecular complexity index is 806. The third-order valence-corrected chi connectivity index (χ3v) is 5.03. The van der Waals surface area contributed by atoms with E-state index >= 15 is 0 Å². The van der Waals surface area contributed by atoms with E-state index < -0.39 is 11.0 Å². The summed E-state index contributed by atoms with van der Waals surface area (Å²) in [6, 6.07) is 16.2. The number of benzene rings is 2. The number of rotatable bonds is 6. The molecule has 0 saturated heterocycles. The Morgan fingerprint density at radius 2 is 1.72 bits per heavy atom. The summed E-state index contributed by atoms with van der Waals surface area (Å²) in [7, 11) is 1.71. The molecule has 1 aliphatic carbocycles. The van der Waals surface area contributed by atoms with Crippen LogP contribution in [0.2, 0.25) is 0 Å². The van der Waals surface area contributed by atoms with Gasteiger partial charge in [0.05, 0.1) is 16.7 Å². The van der Waals surface area contributed by atoms with E-state index in [1.165, 1.54) is 24.3 Å². The molecule has 1 unspecified atom stereocenters. The van der Waals surface area contributed by atoms with Crippen LogP contribution >= 0.6 is 0 Å². The largest absolute Gasteiger partial charge is 0.479 e. The number of methoxy groups -OCH3 is 1. The molecule has 0 aromatic heterocycles. The van der Waals surface area contributed by atoms with Crippen molar-refractivity contribution in [3.05, 3.63) is 60.2 Å². The van der Waals surface area contributed by atoms with E-state index in [9.17, 15) is 4.21 Å². The first-order valence-corrected chi connectivity index (χ1v) is 10.6.